The molecule has 0 atom stereocenters. The largest absolute Gasteiger partial charge is 1.00 e. The molecule has 10 heavy (non-hydrogen) atoms. The molecule has 7 nitrogen and oxygen atoms in total. The summed E-state index contributed by atoms with van der Waals surface area (Å²) >= 11 is 0. The number of hydroxylamine groups is 1. The molecule has 0 aliphatic rings. The molecule has 0 aliphatic carbocycles. The van der Waals surface area contributed by atoms with Gasteiger partial charge >= 0.3 is 35.6 Å². The van der Waals surface area contributed by atoms with E-state index < -0.39 is 16.4 Å². The van der Waals surface area contributed by atoms with Crippen molar-refractivity contribution in [3.05, 3.63) is 0 Å². The topological polar surface area (TPSA) is 122 Å². The van der Waals surface area contributed by atoms with Gasteiger partial charge in [0.1, 0.15) is 0 Å². The zero-order valence-corrected chi connectivity index (χ0v) is 7.84. The Hall–Kier alpha value is 0.140. The van der Waals surface area contributed by atoms with Crippen LogP contribution in [-0.4, -0.2) is 19.0 Å². The van der Waals surface area contributed by atoms with Crippen LogP contribution in [0.3, 0.4) is 0 Å². The van der Waals surface area contributed by atoms with E-state index in [0.29, 0.717) is 0 Å². The first-order valence-electron chi connectivity index (χ1n) is 1.61. The molecule has 0 bridgehead atoms. The SMILES string of the molecule is NC(=O)NOS(=O)(=O)[O-].[Na+]. The standard InChI is InChI=1S/CH4N2O5S.Na/c2-1(4)3-8-9(5,6)7;/h(H3,2,3,4)(H,5,6,7);/q;+1/p-1. The van der Waals surface area contributed by atoms with E-state index in [4.69, 9.17) is 0 Å². The Kier molecular flexibility index (Phi) is 6.24. The molecule has 9 heteroatoms. The molecular formula is CH3N2NaO5S. The summed E-state index contributed by atoms with van der Waals surface area (Å²) in [6, 6.07) is -1.26. The fraction of sp³-hybridized carbons (Fsp3) is 0. The summed E-state index contributed by atoms with van der Waals surface area (Å²) in [5.74, 6) is 0. The minimum absolute atomic E-state index is 0. The van der Waals surface area contributed by atoms with E-state index in [9.17, 15) is 17.8 Å². The van der Waals surface area contributed by atoms with Crippen LogP contribution in [0.15, 0.2) is 0 Å². The molecule has 0 aromatic rings. The van der Waals surface area contributed by atoms with Crippen molar-refractivity contribution < 1.29 is 51.6 Å². The number of nitrogens with one attached hydrogen (secondary N) is 1. The van der Waals surface area contributed by atoms with E-state index in [1.165, 1.54) is 0 Å². The second-order valence-electron chi connectivity index (χ2n) is 0.958. The molecule has 0 heterocycles. The Morgan fingerprint density at radius 2 is 2.00 bits per heavy atom. The Morgan fingerprint density at radius 3 is 2.10 bits per heavy atom. The van der Waals surface area contributed by atoms with Crippen molar-refractivity contribution in [2.24, 2.45) is 5.73 Å². The van der Waals surface area contributed by atoms with Crippen LogP contribution < -0.4 is 40.8 Å². The molecule has 0 fully saturated rings. The third kappa shape index (κ3) is 11.0. The number of carbonyl (C=O) groups excluding carboxylic acids is 1. The first-order chi connectivity index (χ1) is 3.92. The van der Waals surface area contributed by atoms with Gasteiger partial charge in [0.25, 0.3) is 0 Å². The van der Waals surface area contributed by atoms with Crippen LogP contribution in [0.25, 0.3) is 0 Å². The number of nitrogens with two attached hydrogens (primary N) is 1. The van der Waals surface area contributed by atoms with Crippen molar-refractivity contribution >= 4 is 16.4 Å². The minimum atomic E-state index is -4.88. The second kappa shape index (κ2) is 4.88. The molecule has 54 valence electrons. The molecule has 0 saturated carbocycles. The predicted octanol–water partition coefficient (Wildman–Crippen LogP) is -4.95. The van der Waals surface area contributed by atoms with E-state index >= 15 is 0 Å². The van der Waals surface area contributed by atoms with E-state index in [1.807, 2.05) is 0 Å². The summed E-state index contributed by atoms with van der Waals surface area (Å²) in [6.45, 7) is 0. The fourth-order valence-corrected chi connectivity index (χ4v) is 0.276. The van der Waals surface area contributed by atoms with Gasteiger partial charge in [-0.25, -0.2) is 13.2 Å². The zero-order valence-electron chi connectivity index (χ0n) is 5.03. The molecule has 0 rings (SSSR count). The van der Waals surface area contributed by atoms with Crippen LogP contribution >= 0.6 is 0 Å². The maximum absolute atomic E-state index is 9.63. The van der Waals surface area contributed by atoms with Crippen LogP contribution in [0, 0.1) is 0 Å². The van der Waals surface area contributed by atoms with Gasteiger partial charge in [-0.05, 0) is 0 Å². The van der Waals surface area contributed by atoms with Crippen LogP contribution in [0.5, 0.6) is 0 Å². The van der Waals surface area contributed by atoms with Gasteiger partial charge < -0.3 is 10.3 Å². The van der Waals surface area contributed by atoms with Gasteiger partial charge in [-0.1, -0.05) is 0 Å². The van der Waals surface area contributed by atoms with Gasteiger partial charge in [-0.3, -0.25) is 0 Å². The average Bonchev–Trinajstić information content (AvgIpc) is 1.59. The number of carbonyl (C=O) groups is 1. The maximum atomic E-state index is 9.63. The van der Waals surface area contributed by atoms with Crippen molar-refractivity contribution in [1.29, 1.82) is 0 Å². The van der Waals surface area contributed by atoms with Gasteiger partial charge in [0.2, 0.25) is 10.4 Å². The quantitative estimate of drug-likeness (QED) is 0.190. The number of hydrogen-bond acceptors (Lipinski definition) is 5. The van der Waals surface area contributed by atoms with Gasteiger partial charge in [-0.2, -0.15) is 9.76 Å². The monoisotopic (exact) mass is 178 g/mol. The summed E-state index contributed by atoms with van der Waals surface area (Å²) in [7, 11) is -4.88. The van der Waals surface area contributed by atoms with Gasteiger partial charge in [-0.15, -0.1) is 0 Å². The van der Waals surface area contributed by atoms with Crippen molar-refractivity contribution in [2.75, 3.05) is 0 Å². The van der Waals surface area contributed by atoms with Crippen LogP contribution in [0.1, 0.15) is 0 Å². The summed E-state index contributed by atoms with van der Waals surface area (Å²) in [6.07, 6.45) is 0. The van der Waals surface area contributed by atoms with Crippen molar-refractivity contribution in [3.8, 4) is 0 Å². The Balaban J connectivity index is 0. The Bertz CT molecular complexity index is 198. The van der Waals surface area contributed by atoms with Gasteiger partial charge in [0.15, 0.2) is 0 Å². The van der Waals surface area contributed by atoms with E-state index in [-0.39, 0.29) is 29.6 Å². The third-order valence-corrected chi connectivity index (χ3v) is 0.532. The molecule has 0 unspecified atom stereocenters. The number of amides is 2. The Morgan fingerprint density at radius 1 is 1.60 bits per heavy atom. The van der Waals surface area contributed by atoms with E-state index in [2.05, 4.69) is 10.0 Å². The predicted molar refractivity (Wildman–Crippen MR) is 23.5 cm³/mol. The molecule has 0 saturated heterocycles. The number of rotatable bonds is 2. The smallest absolute Gasteiger partial charge is 0.724 e. The van der Waals surface area contributed by atoms with Crippen LogP contribution in [0.4, 0.5) is 4.79 Å². The van der Waals surface area contributed by atoms with Crippen LogP contribution in [0.2, 0.25) is 0 Å². The van der Waals surface area contributed by atoms with E-state index in [0.717, 1.165) is 5.48 Å². The van der Waals surface area contributed by atoms with Crippen molar-refractivity contribution in [2.45, 2.75) is 0 Å². The van der Waals surface area contributed by atoms with Gasteiger partial charge in [0.05, 0.1) is 0 Å². The summed E-state index contributed by atoms with van der Waals surface area (Å²) in [5.41, 5.74) is 5.45. The average molecular weight is 178 g/mol. The van der Waals surface area contributed by atoms with Crippen LogP contribution in [-0.2, 0) is 14.7 Å². The van der Waals surface area contributed by atoms with Crippen molar-refractivity contribution in [3.63, 3.8) is 0 Å². The zero-order chi connectivity index (χ0) is 7.49. The Labute approximate surface area is 79.1 Å². The summed E-state index contributed by atoms with van der Waals surface area (Å²) < 4.78 is 31.6. The summed E-state index contributed by atoms with van der Waals surface area (Å²) in [4.78, 5) is 9.63. The summed E-state index contributed by atoms with van der Waals surface area (Å²) in [5, 5.41) is 0. The second-order valence-corrected chi connectivity index (χ2v) is 1.94. The third-order valence-electron chi connectivity index (χ3n) is 0.244. The van der Waals surface area contributed by atoms with Crippen molar-refractivity contribution in [1.82, 2.24) is 5.48 Å². The van der Waals surface area contributed by atoms with Gasteiger partial charge in [0, 0.05) is 0 Å². The number of hydrogen-bond donors (Lipinski definition) is 2. The number of urea groups is 1. The number of primary amides is 1. The fourth-order valence-electron chi connectivity index (χ4n) is 0.0921. The molecule has 2 amide bonds. The first-order valence-corrected chi connectivity index (χ1v) is 2.95. The van der Waals surface area contributed by atoms with E-state index in [1.54, 1.807) is 0 Å². The minimum Gasteiger partial charge on any atom is -0.724 e. The maximum Gasteiger partial charge on any atom is 1.00 e. The first kappa shape index (κ1) is 12.8. The molecule has 0 aliphatic heterocycles. The molecule has 0 radical (unpaired) electrons. The molecule has 3 N–H and O–H groups in total. The molecule has 0 aromatic heterocycles. The normalized spacial score (nSPS) is 9.70. The molecular weight excluding hydrogens is 175 g/mol. The molecule has 0 aromatic carbocycles. The molecule has 0 spiro atoms.